The van der Waals surface area contributed by atoms with E-state index in [1.807, 2.05) is 17.5 Å². The molecule has 0 bridgehead atoms. The van der Waals surface area contributed by atoms with Crippen molar-refractivity contribution in [2.24, 2.45) is 0 Å². The van der Waals surface area contributed by atoms with Gasteiger partial charge in [-0.25, -0.2) is 4.79 Å². The second kappa shape index (κ2) is 6.23. The van der Waals surface area contributed by atoms with Gasteiger partial charge in [0.2, 0.25) is 0 Å². The second-order valence-electron chi connectivity index (χ2n) is 5.34. The van der Waals surface area contributed by atoms with Crippen molar-refractivity contribution in [1.29, 1.82) is 0 Å². The molecule has 3 nitrogen and oxygen atoms in total. The number of anilines is 1. The fourth-order valence-electron chi connectivity index (χ4n) is 2.81. The zero-order valence-corrected chi connectivity index (χ0v) is 13.0. The van der Waals surface area contributed by atoms with E-state index in [9.17, 15) is 18.0 Å². The Kier molecular flexibility index (Phi) is 4.30. The predicted octanol–water partition coefficient (Wildman–Crippen LogP) is 5.14. The first-order chi connectivity index (χ1) is 11.0. The highest BCUT2D eigenvalue weighted by atomic mass is 32.1. The minimum atomic E-state index is -4.50. The molecule has 2 aromatic rings. The number of amides is 2. The van der Waals surface area contributed by atoms with Gasteiger partial charge in [0, 0.05) is 11.4 Å². The van der Waals surface area contributed by atoms with Gasteiger partial charge < -0.3 is 10.2 Å². The molecule has 0 unspecified atom stereocenters. The molecule has 1 N–H and O–H groups in total. The van der Waals surface area contributed by atoms with Crippen molar-refractivity contribution in [3.63, 3.8) is 0 Å². The Labute approximate surface area is 135 Å². The first-order valence-corrected chi connectivity index (χ1v) is 8.12. The molecule has 1 aromatic carbocycles. The summed E-state index contributed by atoms with van der Waals surface area (Å²) in [4.78, 5) is 15.1. The Morgan fingerprint density at radius 1 is 1.22 bits per heavy atom. The number of likely N-dealkylation sites (tertiary alicyclic amines) is 1. The number of nitrogens with zero attached hydrogens (tertiary/aromatic N) is 1. The van der Waals surface area contributed by atoms with Gasteiger partial charge in [0.25, 0.3) is 0 Å². The highest BCUT2D eigenvalue weighted by Crippen LogP contribution is 2.37. The minimum Gasteiger partial charge on any atom is -0.317 e. The van der Waals surface area contributed by atoms with E-state index in [-0.39, 0.29) is 11.7 Å². The summed E-state index contributed by atoms with van der Waals surface area (Å²) in [6.07, 6.45) is -2.83. The fraction of sp³-hybridized carbons (Fsp3) is 0.312. The van der Waals surface area contributed by atoms with E-state index in [4.69, 9.17) is 0 Å². The molecule has 2 heterocycles. The van der Waals surface area contributed by atoms with Gasteiger partial charge in [0.1, 0.15) is 0 Å². The number of hydrogen-bond donors (Lipinski definition) is 1. The van der Waals surface area contributed by atoms with Crippen LogP contribution in [0, 0.1) is 0 Å². The lowest BCUT2D eigenvalue weighted by Gasteiger charge is -2.25. The number of hydrogen-bond acceptors (Lipinski definition) is 2. The number of alkyl halides is 3. The average molecular weight is 340 g/mol. The molecule has 0 aliphatic carbocycles. The molecule has 122 valence electrons. The van der Waals surface area contributed by atoms with Crippen molar-refractivity contribution in [1.82, 2.24) is 4.90 Å². The number of urea groups is 1. The van der Waals surface area contributed by atoms with Crippen LogP contribution in [-0.4, -0.2) is 17.5 Å². The van der Waals surface area contributed by atoms with Crippen molar-refractivity contribution in [3.8, 4) is 0 Å². The normalized spacial score (nSPS) is 18.2. The number of nitrogens with one attached hydrogen (secondary N) is 1. The molecule has 7 heteroatoms. The molecule has 1 aliphatic heterocycles. The number of thiophene rings is 1. The second-order valence-corrected chi connectivity index (χ2v) is 6.32. The SMILES string of the molecule is O=C(Nc1ccccc1C(F)(F)F)N1CCC[C@@H]1c1cccs1. The lowest BCUT2D eigenvalue weighted by atomic mass is 10.1. The van der Waals surface area contributed by atoms with Crippen molar-refractivity contribution >= 4 is 23.1 Å². The Morgan fingerprint density at radius 2 is 2.00 bits per heavy atom. The van der Waals surface area contributed by atoms with E-state index < -0.39 is 17.8 Å². The summed E-state index contributed by atoms with van der Waals surface area (Å²) < 4.78 is 39.0. The maximum atomic E-state index is 13.0. The number of para-hydroxylation sites is 1. The lowest BCUT2D eigenvalue weighted by molar-refractivity contribution is -0.136. The molecule has 1 aliphatic rings. The zero-order chi connectivity index (χ0) is 16.4. The number of carbonyl (C=O) groups excluding carboxylic acids is 1. The van der Waals surface area contributed by atoms with Crippen LogP contribution in [0.2, 0.25) is 0 Å². The van der Waals surface area contributed by atoms with Gasteiger partial charge in [-0.1, -0.05) is 18.2 Å². The summed E-state index contributed by atoms with van der Waals surface area (Å²) in [7, 11) is 0. The van der Waals surface area contributed by atoms with Gasteiger partial charge >= 0.3 is 12.2 Å². The van der Waals surface area contributed by atoms with Crippen LogP contribution in [0.4, 0.5) is 23.7 Å². The Morgan fingerprint density at radius 3 is 2.70 bits per heavy atom. The van der Waals surface area contributed by atoms with Gasteiger partial charge in [0.15, 0.2) is 0 Å². The van der Waals surface area contributed by atoms with Crippen LogP contribution in [0.1, 0.15) is 29.3 Å². The average Bonchev–Trinajstić information content (AvgIpc) is 3.17. The molecule has 1 fully saturated rings. The standard InChI is InChI=1S/C16H15F3N2OS/c17-16(18,19)11-5-1-2-6-12(11)20-15(22)21-9-3-7-13(21)14-8-4-10-23-14/h1-2,4-6,8,10,13H,3,7,9H2,(H,20,22)/t13-/m1/s1. The van der Waals surface area contributed by atoms with Crippen molar-refractivity contribution in [2.75, 3.05) is 11.9 Å². The molecule has 1 atom stereocenters. The van der Waals surface area contributed by atoms with Crippen LogP contribution >= 0.6 is 11.3 Å². The van der Waals surface area contributed by atoms with Crippen LogP contribution in [0.3, 0.4) is 0 Å². The molecular weight excluding hydrogens is 325 g/mol. The number of benzene rings is 1. The van der Waals surface area contributed by atoms with Crippen LogP contribution in [0.25, 0.3) is 0 Å². The Balaban J connectivity index is 1.80. The first-order valence-electron chi connectivity index (χ1n) is 7.24. The molecule has 23 heavy (non-hydrogen) atoms. The van der Waals surface area contributed by atoms with E-state index in [0.717, 1.165) is 23.8 Å². The molecule has 2 amide bonds. The van der Waals surface area contributed by atoms with Crippen LogP contribution < -0.4 is 5.32 Å². The van der Waals surface area contributed by atoms with E-state index in [0.29, 0.717) is 6.54 Å². The summed E-state index contributed by atoms with van der Waals surface area (Å²) in [6, 6.07) is 8.34. The van der Waals surface area contributed by atoms with Crippen molar-refractivity contribution in [2.45, 2.75) is 25.1 Å². The van der Waals surface area contributed by atoms with E-state index in [1.165, 1.54) is 18.2 Å². The smallest absolute Gasteiger partial charge is 0.317 e. The third-order valence-electron chi connectivity index (χ3n) is 3.86. The topological polar surface area (TPSA) is 32.3 Å². The van der Waals surface area contributed by atoms with Gasteiger partial charge in [-0.3, -0.25) is 0 Å². The van der Waals surface area contributed by atoms with Gasteiger partial charge in [-0.05, 0) is 36.4 Å². The summed E-state index contributed by atoms with van der Waals surface area (Å²) >= 11 is 1.55. The summed E-state index contributed by atoms with van der Waals surface area (Å²) in [6.45, 7) is 0.544. The third kappa shape index (κ3) is 3.34. The maximum Gasteiger partial charge on any atom is 0.418 e. The lowest BCUT2D eigenvalue weighted by Crippen LogP contribution is -2.34. The number of halogens is 3. The highest BCUT2D eigenvalue weighted by molar-refractivity contribution is 7.10. The van der Waals surface area contributed by atoms with Crippen LogP contribution in [-0.2, 0) is 6.18 Å². The van der Waals surface area contributed by atoms with Crippen molar-refractivity contribution < 1.29 is 18.0 Å². The summed E-state index contributed by atoms with van der Waals surface area (Å²) in [5.74, 6) is 0. The quantitative estimate of drug-likeness (QED) is 0.807. The predicted molar refractivity (Wildman–Crippen MR) is 83.5 cm³/mol. The maximum absolute atomic E-state index is 13.0. The molecule has 1 saturated heterocycles. The van der Waals surface area contributed by atoms with Crippen LogP contribution in [0.5, 0.6) is 0 Å². The number of carbonyl (C=O) groups is 1. The number of rotatable bonds is 2. The minimum absolute atomic E-state index is 0.0620. The van der Waals surface area contributed by atoms with Gasteiger partial charge in [-0.2, -0.15) is 13.2 Å². The fourth-order valence-corrected chi connectivity index (χ4v) is 3.69. The summed E-state index contributed by atoms with van der Waals surface area (Å²) in [5, 5.41) is 4.36. The molecular formula is C16H15F3N2OS. The zero-order valence-electron chi connectivity index (χ0n) is 12.1. The molecule has 0 spiro atoms. The molecule has 3 rings (SSSR count). The first kappa shape index (κ1) is 15.9. The van der Waals surface area contributed by atoms with Crippen molar-refractivity contribution in [3.05, 3.63) is 52.2 Å². The van der Waals surface area contributed by atoms with Gasteiger partial charge in [-0.15, -0.1) is 11.3 Å². The molecule has 0 radical (unpaired) electrons. The van der Waals surface area contributed by atoms with E-state index in [1.54, 1.807) is 16.2 Å². The largest absolute Gasteiger partial charge is 0.418 e. The molecule has 0 saturated carbocycles. The molecule has 1 aromatic heterocycles. The Hall–Kier alpha value is -2.02. The highest BCUT2D eigenvalue weighted by Gasteiger charge is 2.35. The van der Waals surface area contributed by atoms with E-state index in [2.05, 4.69) is 5.32 Å². The summed E-state index contributed by atoms with van der Waals surface area (Å²) in [5.41, 5.74) is -1.04. The van der Waals surface area contributed by atoms with Gasteiger partial charge in [0.05, 0.1) is 17.3 Å². The van der Waals surface area contributed by atoms with Crippen LogP contribution in [0.15, 0.2) is 41.8 Å². The third-order valence-corrected chi connectivity index (χ3v) is 4.83. The van der Waals surface area contributed by atoms with E-state index >= 15 is 0 Å². The monoisotopic (exact) mass is 340 g/mol. The Bertz CT molecular complexity index is 685.